The van der Waals surface area contributed by atoms with Gasteiger partial charge in [-0.15, -0.1) is 11.3 Å². The Morgan fingerprint density at radius 2 is 1.58 bits per heavy atom. The molecule has 0 aliphatic carbocycles. The smallest absolute Gasteiger partial charge is 0.148 e. The predicted octanol–water partition coefficient (Wildman–Crippen LogP) is 5.92. The zero-order chi connectivity index (χ0) is 16.5. The Kier molecular flexibility index (Phi) is 3.75. The Morgan fingerprint density at radius 1 is 0.875 bits per heavy atom. The number of imidazole rings is 1. The fourth-order valence-electron chi connectivity index (χ4n) is 2.73. The summed E-state index contributed by atoms with van der Waals surface area (Å²) in [6, 6.07) is 20.9. The summed E-state index contributed by atoms with van der Waals surface area (Å²) in [5, 5.41) is 0. The van der Waals surface area contributed by atoms with Crippen molar-refractivity contribution in [2.75, 3.05) is 0 Å². The molecule has 2 nitrogen and oxygen atoms in total. The minimum Gasteiger partial charge on any atom is -0.341 e. The van der Waals surface area contributed by atoms with Crippen LogP contribution in [-0.2, 0) is 0 Å². The summed E-state index contributed by atoms with van der Waals surface area (Å²) >= 11 is 1.54. The SMILES string of the molecule is Cc1[nH]c(-c2ccc(-c3ccccc3F)s2)nc1-c1ccccc1. The molecule has 0 fully saturated rings. The molecule has 4 aromatic rings. The normalized spacial score (nSPS) is 10.9. The van der Waals surface area contributed by atoms with Crippen molar-refractivity contribution in [3.63, 3.8) is 0 Å². The zero-order valence-corrected chi connectivity index (χ0v) is 13.9. The summed E-state index contributed by atoms with van der Waals surface area (Å²) in [4.78, 5) is 9.99. The first-order valence-electron chi connectivity index (χ1n) is 7.69. The maximum Gasteiger partial charge on any atom is 0.148 e. The van der Waals surface area contributed by atoms with Crippen LogP contribution in [-0.4, -0.2) is 9.97 Å². The van der Waals surface area contributed by atoms with Crippen LogP contribution in [0.4, 0.5) is 4.39 Å². The minimum absolute atomic E-state index is 0.202. The number of thiophene rings is 1. The number of aromatic nitrogens is 2. The van der Waals surface area contributed by atoms with Gasteiger partial charge in [-0.05, 0) is 25.1 Å². The van der Waals surface area contributed by atoms with E-state index in [1.807, 2.05) is 55.5 Å². The number of hydrogen-bond donors (Lipinski definition) is 1. The van der Waals surface area contributed by atoms with Gasteiger partial charge in [0.1, 0.15) is 11.6 Å². The van der Waals surface area contributed by atoms with Crippen LogP contribution in [0.1, 0.15) is 5.69 Å². The molecule has 0 saturated heterocycles. The molecule has 0 aliphatic heterocycles. The number of aryl methyl sites for hydroxylation is 1. The van der Waals surface area contributed by atoms with Crippen molar-refractivity contribution in [3.05, 3.63) is 78.2 Å². The van der Waals surface area contributed by atoms with E-state index in [1.54, 1.807) is 12.1 Å². The molecule has 0 saturated carbocycles. The summed E-state index contributed by atoms with van der Waals surface area (Å²) < 4.78 is 14.0. The van der Waals surface area contributed by atoms with Crippen LogP contribution in [0.5, 0.6) is 0 Å². The second kappa shape index (κ2) is 6.06. The van der Waals surface area contributed by atoms with Crippen LogP contribution in [0, 0.1) is 12.7 Å². The molecule has 4 rings (SSSR count). The number of H-pyrrole nitrogens is 1. The van der Waals surface area contributed by atoms with Crippen LogP contribution in [0.25, 0.3) is 32.4 Å². The predicted molar refractivity (Wildman–Crippen MR) is 97.5 cm³/mol. The highest BCUT2D eigenvalue weighted by atomic mass is 32.1. The molecule has 24 heavy (non-hydrogen) atoms. The summed E-state index contributed by atoms with van der Waals surface area (Å²) in [6.07, 6.45) is 0. The van der Waals surface area contributed by atoms with Crippen LogP contribution < -0.4 is 0 Å². The summed E-state index contributed by atoms with van der Waals surface area (Å²) in [5.41, 5.74) is 3.69. The largest absolute Gasteiger partial charge is 0.341 e. The Balaban J connectivity index is 1.72. The van der Waals surface area contributed by atoms with Crippen molar-refractivity contribution in [1.82, 2.24) is 9.97 Å². The lowest BCUT2D eigenvalue weighted by atomic mass is 10.1. The molecule has 0 aliphatic rings. The number of hydrogen-bond acceptors (Lipinski definition) is 2. The van der Waals surface area contributed by atoms with E-state index >= 15 is 0 Å². The molecule has 1 N–H and O–H groups in total. The number of rotatable bonds is 3. The van der Waals surface area contributed by atoms with Crippen molar-refractivity contribution in [3.8, 4) is 32.4 Å². The topological polar surface area (TPSA) is 28.7 Å². The van der Waals surface area contributed by atoms with Gasteiger partial charge in [0.05, 0.1) is 10.6 Å². The van der Waals surface area contributed by atoms with Crippen molar-refractivity contribution in [2.45, 2.75) is 6.92 Å². The number of benzene rings is 2. The second-order valence-electron chi connectivity index (χ2n) is 5.57. The lowest BCUT2D eigenvalue weighted by Gasteiger charge is -1.98. The molecule has 2 heterocycles. The van der Waals surface area contributed by atoms with Crippen LogP contribution >= 0.6 is 11.3 Å². The standard InChI is InChI=1S/C20H15FN2S/c1-13-19(14-7-3-2-4-8-14)23-20(22-13)18-12-11-17(24-18)15-9-5-6-10-16(15)21/h2-12H,1H3,(H,22,23). The van der Waals surface area contributed by atoms with Gasteiger partial charge in [-0.3, -0.25) is 0 Å². The first-order valence-corrected chi connectivity index (χ1v) is 8.51. The maximum atomic E-state index is 14.0. The summed E-state index contributed by atoms with van der Waals surface area (Å²) in [6.45, 7) is 2.02. The molecule has 0 spiro atoms. The fraction of sp³-hybridized carbons (Fsp3) is 0.0500. The molecule has 2 aromatic heterocycles. The van der Waals surface area contributed by atoms with E-state index in [1.165, 1.54) is 17.4 Å². The summed E-state index contributed by atoms with van der Waals surface area (Å²) in [5.74, 6) is 0.616. The van der Waals surface area contributed by atoms with Crippen molar-refractivity contribution < 1.29 is 4.39 Å². The number of nitrogens with one attached hydrogen (secondary N) is 1. The molecule has 0 bridgehead atoms. The van der Waals surface area contributed by atoms with Gasteiger partial charge in [0.2, 0.25) is 0 Å². The molecule has 2 aromatic carbocycles. The van der Waals surface area contributed by atoms with Gasteiger partial charge in [-0.2, -0.15) is 0 Å². The molecule has 0 amide bonds. The highest BCUT2D eigenvalue weighted by Crippen LogP contribution is 2.35. The Labute approximate surface area is 143 Å². The fourth-order valence-corrected chi connectivity index (χ4v) is 3.70. The second-order valence-corrected chi connectivity index (χ2v) is 6.65. The van der Waals surface area contributed by atoms with E-state index < -0.39 is 0 Å². The Hall–Kier alpha value is -2.72. The third-order valence-electron chi connectivity index (χ3n) is 3.91. The highest BCUT2D eigenvalue weighted by molar-refractivity contribution is 7.18. The third-order valence-corrected chi connectivity index (χ3v) is 5.04. The van der Waals surface area contributed by atoms with E-state index in [0.29, 0.717) is 5.56 Å². The first kappa shape index (κ1) is 14.8. The Bertz CT molecular complexity index is 986. The molecule has 0 radical (unpaired) electrons. The number of halogens is 1. The molecular weight excluding hydrogens is 319 g/mol. The average molecular weight is 334 g/mol. The number of aromatic amines is 1. The van der Waals surface area contributed by atoms with E-state index in [0.717, 1.165) is 32.5 Å². The van der Waals surface area contributed by atoms with Crippen molar-refractivity contribution in [1.29, 1.82) is 0 Å². The third kappa shape index (κ3) is 2.65. The van der Waals surface area contributed by atoms with Gasteiger partial charge in [0.25, 0.3) is 0 Å². The lowest BCUT2D eigenvalue weighted by Crippen LogP contribution is -1.79. The van der Waals surface area contributed by atoms with Crippen molar-refractivity contribution in [2.24, 2.45) is 0 Å². The van der Waals surface area contributed by atoms with Gasteiger partial charge in [-0.25, -0.2) is 9.37 Å². The van der Waals surface area contributed by atoms with E-state index in [-0.39, 0.29) is 5.82 Å². The average Bonchev–Trinajstić information content (AvgIpc) is 3.23. The van der Waals surface area contributed by atoms with E-state index in [9.17, 15) is 4.39 Å². The molecule has 0 atom stereocenters. The number of nitrogens with zero attached hydrogens (tertiary/aromatic N) is 1. The monoisotopic (exact) mass is 334 g/mol. The van der Waals surface area contributed by atoms with Crippen LogP contribution in [0.3, 0.4) is 0 Å². The molecule has 4 heteroatoms. The molecule has 0 unspecified atom stereocenters. The minimum atomic E-state index is -0.202. The van der Waals surface area contributed by atoms with Gasteiger partial charge in [0.15, 0.2) is 0 Å². The van der Waals surface area contributed by atoms with Crippen LogP contribution in [0.2, 0.25) is 0 Å². The van der Waals surface area contributed by atoms with Gasteiger partial charge in [-0.1, -0.05) is 48.5 Å². The van der Waals surface area contributed by atoms with Gasteiger partial charge in [0, 0.05) is 21.7 Å². The van der Waals surface area contributed by atoms with Gasteiger partial charge >= 0.3 is 0 Å². The first-order chi connectivity index (χ1) is 11.7. The zero-order valence-electron chi connectivity index (χ0n) is 13.1. The maximum absolute atomic E-state index is 14.0. The highest BCUT2D eigenvalue weighted by Gasteiger charge is 2.13. The van der Waals surface area contributed by atoms with E-state index in [2.05, 4.69) is 4.98 Å². The quantitative estimate of drug-likeness (QED) is 0.495. The Morgan fingerprint density at radius 3 is 2.38 bits per heavy atom. The molecular formula is C20H15FN2S. The van der Waals surface area contributed by atoms with Crippen molar-refractivity contribution >= 4 is 11.3 Å². The van der Waals surface area contributed by atoms with Gasteiger partial charge < -0.3 is 4.98 Å². The van der Waals surface area contributed by atoms with Crippen LogP contribution in [0.15, 0.2) is 66.7 Å². The lowest BCUT2D eigenvalue weighted by molar-refractivity contribution is 0.631. The van der Waals surface area contributed by atoms with E-state index in [4.69, 9.17) is 4.98 Å². The summed E-state index contributed by atoms with van der Waals surface area (Å²) in [7, 11) is 0. The molecule has 118 valence electrons.